The van der Waals surface area contributed by atoms with E-state index < -0.39 is 76.0 Å². The van der Waals surface area contributed by atoms with Crippen LogP contribution in [-0.4, -0.2) is 68.1 Å². The summed E-state index contributed by atoms with van der Waals surface area (Å²) in [7, 11) is 0. The number of hydrogen-bond donors (Lipinski definition) is 7. The van der Waals surface area contributed by atoms with E-state index in [-0.39, 0.29) is 30.5 Å². The maximum absolute atomic E-state index is 13.6. The van der Waals surface area contributed by atoms with Crippen molar-refractivity contribution in [1.82, 2.24) is 5.32 Å². The van der Waals surface area contributed by atoms with E-state index >= 15 is 0 Å². The molecule has 4 rings (SSSR count). The fourth-order valence-electron chi connectivity index (χ4n) is 5.75. The first-order valence-electron chi connectivity index (χ1n) is 12.0. The molecule has 2 saturated carbocycles. The zero-order chi connectivity index (χ0) is 26.6. The van der Waals surface area contributed by atoms with Crippen molar-refractivity contribution in [2.75, 3.05) is 11.9 Å². The smallest absolute Gasteiger partial charge is 0.241 e. The van der Waals surface area contributed by atoms with Gasteiger partial charge in [-0.2, -0.15) is 0 Å². The summed E-state index contributed by atoms with van der Waals surface area (Å²) in [4.78, 5) is 51.6. The van der Waals surface area contributed by atoms with Crippen molar-refractivity contribution in [1.29, 1.82) is 0 Å². The van der Waals surface area contributed by atoms with Gasteiger partial charge >= 0.3 is 0 Å². The van der Waals surface area contributed by atoms with Gasteiger partial charge in [-0.3, -0.25) is 19.2 Å². The maximum atomic E-state index is 13.6. The Labute approximate surface area is 207 Å². The highest BCUT2D eigenvalue weighted by Gasteiger charge is 2.66. The number of aliphatic hydroxyl groups is 3. The molecule has 5 unspecified atom stereocenters. The van der Waals surface area contributed by atoms with Crippen molar-refractivity contribution in [3.8, 4) is 5.75 Å². The highest BCUT2D eigenvalue weighted by molar-refractivity contribution is 6.24. The molecular weight excluding hydrogens is 470 g/mol. The second kappa shape index (κ2) is 8.99. The van der Waals surface area contributed by atoms with Crippen LogP contribution < -0.4 is 16.4 Å². The van der Waals surface area contributed by atoms with Gasteiger partial charge in [0.15, 0.2) is 11.4 Å². The standard InChI is InChI=1S/C25H31N3O8/c1-3-6-27-11(2)22(34)28-15-5-4-12-9-24(23(26)35)10-13-7-14(29)8-16(30)25(13,36)21(33)18(24)20(32)17(12)19(15)31/h4-5,11,13-14,27,29,31-32,36H,3,6-10H2,1-2H3,(H2,26,35)(H,28,34). The lowest BCUT2D eigenvalue weighted by Gasteiger charge is -2.51. The number of phenols is 1. The summed E-state index contributed by atoms with van der Waals surface area (Å²) < 4.78 is 0. The van der Waals surface area contributed by atoms with E-state index in [1.54, 1.807) is 6.92 Å². The summed E-state index contributed by atoms with van der Waals surface area (Å²) in [6.07, 6.45) is -1.24. The van der Waals surface area contributed by atoms with Gasteiger partial charge in [0.1, 0.15) is 11.5 Å². The van der Waals surface area contributed by atoms with Crippen LogP contribution in [0, 0.1) is 11.3 Å². The number of anilines is 1. The third-order valence-electron chi connectivity index (χ3n) is 7.69. The second-order valence-electron chi connectivity index (χ2n) is 10.0. The number of amides is 2. The summed E-state index contributed by atoms with van der Waals surface area (Å²) in [5.41, 5.74) is 1.00. The summed E-state index contributed by atoms with van der Waals surface area (Å²) in [6.45, 7) is 4.20. The average molecular weight is 502 g/mol. The molecule has 2 amide bonds. The van der Waals surface area contributed by atoms with Gasteiger partial charge in [-0.15, -0.1) is 0 Å². The largest absolute Gasteiger partial charge is 0.507 e. The molecule has 0 aliphatic heterocycles. The predicted octanol–water partition coefficient (Wildman–Crippen LogP) is 0.0596. The van der Waals surface area contributed by atoms with Crippen LogP contribution in [0.15, 0.2) is 17.7 Å². The van der Waals surface area contributed by atoms with E-state index in [1.807, 2.05) is 6.92 Å². The number of phenolic OH excluding ortho intramolecular Hbond substituents is 1. The molecule has 0 radical (unpaired) electrons. The highest BCUT2D eigenvalue weighted by Crippen LogP contribution is 2.57. The normalized spacial score (nSPS) is 30.2. The van der Waals surface area contributed by atoms with Crippen molar-refractivity contribution in [2.45, 2.75) is 63.7 Å². The second-order valence-corrected chi connectivity index (χ2v) is 10.0. The van der Waals surface area contributed by atoms with Gasteiger partial charge in [0, 0.05) is 12.3 Å². The van der Waals surface area contributed by atoms with Gasteiger partial charge < -0.3 is 36.8 Å². The number of Topliss-reactive ketones (excluding diaryl/α,β-unsaturated/α-hetero) is 2. The van der Waals surface area contributed by atoms with Gasteiger partial charge in [-0.25, -0.2) is 0 Å². The molecule has 1 aromatic carbocycles. The molecule has 1 aromatic rings. The van der Waals surface area contributed by atoms with Crippen molar-refractivity contribution in [3.63, 3.8) is 0 Å². The molecule has 11 heteroatoms. The number of fused-ring (bicyclic) bond motifs is 3. The molecule has 5 atom stereocenters. The predicted molar refractivity (Wildman–Crippen MR) is 128 cm³/mol. The average Bonchev–Trinajstić information content (AvgIpc) is 2.81. The van der Waals surface area contributed by atoms with Gasteiger partial charge in [0.2, 0.25) is 17.6 Å². The molecule has 36 heavy (non-hydrogen) atoms. The first-order chi connectivity index (χ1) is 16.9. The molecule has 0 heterocycles. The molecule has 0 aromatic heterocycles. The Hall–Kier alpha value is -3.28. The van der Waals surface area contributed by atoms with E-state index in [2.05, 4.69) is 10.6 Å². The van der Waals surface area contributed by atoms with Crippen LogP contribution in [-0.2, 0) is 25.6 Å². The third kappa shape index (κ3) is 3.69. The van der Waals surface area contributed by atoms with E-state index in [4.69, 9.17) is 5.73 Å². The van der Waals surface area contributed by atoms with Gasteiger partial charge in [-0.05, 0) is 50.8 Å². The summed E-state index contributed by atoms with van der Waals surface area (Å²) >= 11 is 0. The van der Waals surface area contributed by atoms with Crippen LogP contribution in [0.4, 0.5) is 5.69 Å². The summed E-state index contributed by atoms with van der Waals surface area (Å²) in [6, 6.07) is 2.34. The topological polar surface area (TPSA) is 199 Å². The monoisotopic (exact) mass is 501 g/mol. The van der Waals surface area contributed by atoms with Crippen LogP contribution in [0.1, 0.15) is 50.7 Å². The van der Waals surface area contributed by atoms with Crippen LogP contribution in [0.2, 0.25) is 0 Å². The SMILES string of the molecule is CCCNC(C)C(=O)Nc1ccc2c(c1O)C(O)=C1C(=O)C3(O)C(=O)CC(O)CC3CC1(C(N)=O)C2. The molecular formula is C25H31N3O8. The van der Waals surface area contributed by atoms with Crippen LogP contribution in [0.25, 0.3) is 5.76 Å². The van der Waals surface area contributed by atoms with Crippen LogP contribution in [0.5, 0.6) is 5.75 Å². The first-order valence-corrected chi connectivity index (χ1v) is 12.0. The zero-order valence-electron chi connectivity index (χ0n) is 20.1. The minimum absolute atomic E-state index is 0.0284. The van der Waals surface area contributed by atoms with E-state index in [1.165, 1.54) is 12.1 Å². The molecule has 2 fully saturated rings. The zero-order valence-corrected chi connectivity index (χ0v) is 20.1. The van der Waals surface area contributed by atoms with Crippen LogP contribution >= 0.6 is 0 Å². The molecule has 3 aliphatic carbocycles. The number of rotatable bonds is 6. The molecule has 0 spiro atoms. The number of carbonyl (C=O) groups excluding carboxylic acids is 4. The number of primary amides is 1. The number of nitrogens with one attached hydrogen (secondary N) is 2. The Morgan fingerprint density at radius 3 is 2.58 bits per heavy atom. The number of nitrogens with two attached hydrogens (primary N) is 1. The Balaban J connectivity index is 1.81. The van der Waals surface area contributed by atoms with Gasteiger partial charge in [0.25, 0.3) is 0 Å². The summed E-state index contributed by atoms with van der Waals surface area (Å²) in [5.74, 6) is -5.83. The number of benzene rings is 1. The Kier molecular flexibility index (Phi) is 6.44. The minimum Gasteiger partial charge on any atom is -0.507 e. The van der Waals surface area contributed by atoms with E-state index in [0.29, 0.717) is 12.1 Å². The third-order valence-corrected chi connectivity index (χ3v) is 7.69. The minimum atomic E-state index is -2.53. The Bertz CT molecular complexity index is 1190. The molecule has 11 nitrogen and oxygen atoms in total. The molecule has 3 aliphatic rings. The van der Waals surface area contributed by atoms with E-state index in [9.17, 15) is 39.6 Å². The Morgan fingerprint density at radius 1 is 1.25 bits per heavy atom. The van der Waals surface area contributed by atoms with Gasteiger partial charge in [0.05, 0.1) is 34.4 Å². The Morgan fingerprint density at radius 2 is 1.94 bits per heavy atom. The lowest BCUT2D eigenvalue weighted by molar-refractivity contribution is -0.171. The van der Waals surface area contributed by atoms with Crippen molar-refractivity contribution in [3.05, 3.63) is 28.8 Å². The summed E-state index contributed by atoms with van der Waals surface area (Å²) in [5, 5.41) is 49.1. The molecule has 8 N–H and O–H groups in total. The van der Waals surface area contributed by atoms with Crippen molar-refractivity contribution >= 4 is 34.8 Å². The van der Waals surface area contributed by atoms with Crippen molar-refractivity contribution in [2.24, 2.45) is 17.1 Å². The number of hydrogen-bond acceptors (Lipinski definition) is 9. The lowest BCUT2D eigenvalue weighted by atomic mass is 9.52. The van der Waals surface area contributed by atoms with Gasteiger partial charge in [-0.1, -0.05) is 13.0 Å². The fraction of sp³-hybridized carbons (Fsp3) is 0.520. The number of ketones is 2. The highest BCUT2D eigenvalue weighted by atomic mass is 16.3. The van der Waals surface area contributed by atoms with Crippen LogP contribution in [0.3, 0.4) is 0 Å². The van der Waals surface area contributed by atoms with E-state index in [0.717, 1.165) is 6.42 Å². The molecule has 0 bridgehead atoms. The van der Waals surface area contributed by atoms with Crippen molar-refractivity contribution < 1.29 is 39.6 Å². The molecule has 0 saturated heterocycles. The fourth-order valence-corrected chi connectivity index (χ4v) is 5.75. The first kappa shape index (κ1) is 25.8. The number of aromatic hydroxyl groups is 1. The quantitative estimate of drug-likeness (QED) is 0.208. The maximum Gasteiger partial charge on any atom is 0.241 e. The molecule has 194 valence electrons. The number of carbonyl (C=O) groups is 4. The lowest BCUT2D eigenvalue weighted by Crippen LogP contribution is -2.66. The number of aliphatic hydroxyl groups excluding tert-OH is 2.